The van der Waals surface area contributed by atoms with Gasteiger partial charge in [-0.2, -0.15) is 5.26 Å². The van der Waals surface area contributed by atoms with Crippen LogP contribution in [0.2, 0.25) is 0 Å². The van der Waals surface area contributed by atoms with Crippen LogP contribution in [0, 0.1) is 18.3 Å². The lowest BCUT2D eigenvalue weighted by molar-refractivity contribution is -0.275. The number of hydrogen-bond donors (Lipinski definition) is 0. The fourth-order valence-electron chi connectivity index (χ4n) is 0.876. The van der Waals surface area contributed by atoms with Crippen LogP contribution in [0.4, 0.5) is 13.2 Å². The molecule has 0 aromatic carbocycles. The molecule has 1 heterocycles. The van der Waals surface area contributed by atoms with Gasteiger partial charge in [-0.3, -0.25) is 0 Å². The van der Waals surface area contributed by atoms with Crippen molar-refractivity contribution in [1.29, 1.82) is 5.26 Å². The molecular formula is C8H4BrF3N2O. The molecule has 0 unspecified atom stereocenters. The van der Waals surface area contributed by atoms with Crippen molar-refractivity contribution in [2.24, 2.45) is 0 Å². The zero-order valence-electron chi connectivity index (χ0n) is 7.39. The second-order valence-corrected chi connectivity index (χ2v) is 3.39. The largest absolute Gasteiger partial charge is 0.573 e. The SMILES string of the molecule is Cc1cnc(C#N)c(Br)c1OC(F)(F)F. The number of aromatic nitrogens is 1. The second-order valence-electron chi connectivity index (χ2n) is 2.59. The van der Waals surface area contributed by atoms with Gasteiger partial charge in [0.15, 0.2) is 11.4 Å². The summed E-state index contributed by atoms with van der Waals surface area (Å²) in [6.07, 6.45) is -3.65. The molecule has 0 fully saturated rings. The van der Waals surface area contributed by atoms with Crippen LogP contribution in [0.5, 0.6) is 5.75 Å². The third kappa shape index (κ3) is 2.83. The normalized spacial score (nSPS) is 10.9. The van der Waals surface area contributed by atoms with Crippen molar-refractivity contribution in [3.8, 4) is 11.8 Å². The molecule has 1 aromatic heterocycles. The van der Waals surface area contributed by atoms with Gasteiger partial charge in [0.25, 0.3) is 0 Å². The van der Waals surface area contributed by atoms with Crippen molar-refractivity contribution in [2.75, 3.05) is 0 Å². The third-order valence-electron chi connectivity index (χ3n) is 1.48. The molecule has 0 atom stereocenters. The van der Waals surface area contributed by atoms with Crippen molar-refractivity contribution in [3.63, 3.8) is 0 Å². The molecule has 3 nitrogen and oxygen atoms in total. The van der Waals surface area contributed by atoms with Gasteiger partial charge in [-0.25, -0.2) is 4.98 Å². The number of pyridine rings is 1. The molecule has 0 aliphatic rings. The molecule has 7 heteroatoms. The molecule has 1 rings (SSSR count). The first-order chi connectivity index (χ1) is 6.85. The highest BCUT2D eigenvalue weighted by atomic mass is 79.9. The Morgan fingerprint density at radius 1 is 1.53 bits per heavy atom. The van der Waals surface area contributed by atoms with Crippen LogP contribution in [-0.2, 0) is 0 Å². The lowest BCUT2D eigenvalue weighted by Crippen LogP contribution is -2.18. The number of ether oxygens (including phenoxy) is 1. The number of halogens is 4. The summed E-state index contributed by atoms with van der Waals surface area (Å²) < 4.78 is 39.6. The zero-order valence-corrected chi connectivity index (χ0v) is 8.98. The predicted molar refractivity (Wildman–Crippen MR) is 48.1 cm³/mol. The van der Waals surface area contributed by atoms with Gasteiger partial charge in [-0.05, 0) is 22.9 Å². The van der Waals surface area contributed by atoms with Crippen LogP contribution in [0.1, 0.15) is 11.3 Å². The van der Waals surface area contributed by atoms with Gasteiger partial charge in [0.2, 0.25) is 0 Å². The summed E-state index contributed by atoms with van der Waals surface area (Å²) in [5.74, 6) is -0.436. The van der Waals surface area contributed by atoms with Gasteiger partial charge in [0.1, 0.15) is 6.07 Å². The maximum absolute atomic E-state index is 12.0. The first kappa shape index (κ1) is 11.8. The van der Waals surface area contributed by atoms with E-state index < -0.39 is 12.1 Å². The van der Waals surface area contributed by atoms with E-state index in [1.165, 1.54) is 6.92 Å². The average Bonchev–Trinajstić information content (AvgIpc) is 2.11. The van der Waals surface area contributed by atoms with E-state index in [2.05, 4.69) is 25.7 Å². The highest BCUT2D eigenvalue weighted by molar-refractivity contribution is 9.10. The number of rotatable bonds is 1. The first-order valence-corrected chi connectivity index (χ1v) is 4.45. The van der Waals surface area contributed by atoms with Gasteiger partial charge in [0, 0.05) is 11.8 Å². The number of aryl methyl sites for hydroxylation is 1. The van der Waals surface area contributed by atoms with Crippen molar-refractivity contribution in [1.82, 2.24) is 4.98 Å². The predicted octanol–water partition coefficient (Wildman–Crippen LogP) is 2.92. The van der Waals surface area contributed by atoms with Gasteiger partial charge < -0.3 is 4.74 Å². The van der Waals surface area contributed by atoms with E-state index in [1.807, 2.05) is 0 Å². The highest BCUT2D eigenvalue weighted by Gasteiger charge is 2.33. The molecule has 15 heavy (non-hydrogen) atoms. The molecule has 80 valence electrons. The maximum atomic E-state index is 12.0. The van der Waals surface area contributed by atoms with Crippen molar-refractivity contribution >= 4 is 15.9 Å². The lowest BCUT2D eigenvalue weighted by atomic mass is 10.2. The third-order valence-corrected chi connectivity index (χ3v) is 2.21. The number of nitriles is 1. The molecule has 1 aromatic rings. The fraction of sp³-hybridized carbons (Fsp3) is 0.250. The highest BCUT2D eigenvalue weighted by Crippen LogP contribution is 2.34. The van der Waals surface area contributed by atoms with Gasteiger partial charge in [-0.15, -0.1) is 13.2 Å². The molecule has 0 saturated carbocycles. The van der Waals surface area contributed by atoms with Gasteiger partial charge in [-0.1, -0.05) is 0 Å². The maximum Gasteiger partial charge on any atom is 0.573 e. The smallest absolute Gasteiger partial charge is 0.404 e. The van der Waals surface area contributed by atoms with E-state index in [1.54, 1.807) is 6.07 Å². The summed E-state index contributed by atoms with van der Waals surface area (Å²) in [6, 6.07) is 1.64. The Hall–Kier alpha value is -1.29. The topological polar surface area (TPSA) is 45.9 Å². The Balaban J connectivity index is 3.23. The molecule has 0 aliphatic heterocycles. The summed E-state index contributed by atoms with van der Waals surface area (Å²) in [5.41, 5.74) is 0.0399. The molecule has 0 spiro atoms. The molecular weight excluding hydrogens is 277 g/mol. The van der Waals surface area contributed by atoms with Crippen LogP contribution in [0.3, 0.4) is 0 Å². The van der Waals surface area contributed by atoms with Crippen molar-refractivity contribution in [3.05, 3.63) is 21.9 Å². The Labute approximate surface area is 91.6 Å². The molecule has 0 radical (unpaired) electrons. The van der Waals surface area contributed by atoms with Gasteiger partial charge >= 0.3 is 6.36 Å². The summed E-state index contributed by atoms with van der Waals surface area (Å²) in [6.45, 7) is 1.40. The fourth-order valence-corrected chi connectivity index (χ4v) is 1.46. The van der Waals surface area contributed by atoms with Crippen LogP contribution < -0.4 is 4.74 Å². The van der Waals surface area contributed by atoms with E-state index >= 15 is 0 Å². The number of hydrogen-bond acceptors (Lipinski definition) is 3. The standard InChI is InChI=1S/C8H4BrF3N2O/c1-4-3-14-5(2-13)6(9)7(4)15-8(10,11)12/h3H,1H3. The van der Waals surface area contributed by atoms with E-state index in [4.69, 9.17) is 5.26 Å². The summed E-state index contributed by atoms with van der Waals surface area (Å²) >= 11 is 2.83. The van der Waals surface area contributed by atoms with Crippen LogP contribution >= 0.6 is 15.9 Å². The Kier molecular flexibility index (Phi) is 3.19. The lowest BCUT2D eigenvalue weighted by Gasteiger charge is -2.12. The molecule has 0 saturated heterocycles. The van der Waals surface area contributed by atoms with E-state index in [0.29, 0.717) is 0 Å². The first-order valence-electron chi connectivity index (χ1n) is 3.66. The number of alkyl halides is 3. The van der Waals surface area contributed by atoms with Crippen molar-refractivity contribution in [2.45, 2.75) is 13.3 Å². The van der Waals surface area contributed by atoms with Gasteiger partial charge in [0.05, 0.1) is 4.47 Å². The minimum atomic E-state index is -4.79. The Morgan fingerprint density at radius 2 is 2.13 bits per heavy atom. The summed E-state index contributed by atoms with van der Waals surface area (Å²) in [7, 11) is 0. The quantitative estimate of drug-likeness (QED) is 0.795. The van der Waals surface area contributed by atoms with E-state index in [-0.39, 0.29) is 15.7 Å². The minimum Gasteiger partial charge on any atom is -0.404 e. The Morgan fingerprint density at radius 3 is 2.60 bits per heavy atom. The minimum absolute atomic E-state index is 0.0951. The molecule has 0 aliphatic carbocycles. The Bertz CT molecular complexity index is 425. The van der Waals surface area contributed by atoms with Crippen LogP contribution in [0.15, 0.2) is 10.7 Å². The summed E-state index contributed by atoms with van der Waals surface area (Å²) in [5, 5.41) is 8.55. The molecule has 0 N–H and O–H groups in total. The monoisotopic (exact) mass is 280 g/mol. The zero-order chi connectivity index (χ0) is 11.6. The summed E-state index contributed by atoms with van der Waals surface area (Å²) in [4.78, 5) is 3.63. The second kappa shape index (κ2) is 4.06. The molecule has 0 amide bonds. The van der Waals surface area contributed by atoms with E-state index in [9.17, 15) is 13.2 Å². The van der Waals surface area contributed by atoms with E-state index in [0.717, 1.165) is 6.20 Å². The van der Waals surface area contributed by atoms with Crippen molar-refractivity contribution < 1.29 is 17.9 Å². The molecule has 0 bridgehead atoms. The average molecular weight is 281 g/mol. The van der Waals surface area contributed by atoms with Crippen LogP contribution in [-0.4, -0.2) is 11.3 Å². The number of nitrogens with zero attached hydrogens (tertiary/aromatic N) is 2. The van der Waals surface area contributed by atoms with Crippen LogP contribution in [0.25, 0.3) is 0 Å².